The van der Waals surface area contributed by atoms with Gasteiger partial charge in [0.05, 0.1) is 0 Å². The molecule has 0 amide bonds. The molecule has 2 N–H and O–H groups in total. The Morgan fingerprint density at radius 2 is 1.79 bits per heavy atom. The fourth-order valence-corrected chi connectivity index (χ4v) is 3.03. The number of rotatable bonds is 3. The molecule has 7 heteroatoms. The smallest absolute Gasteiger partial charge is 0.276 e. The molecular formula is C12H18FN3O2S. The molecule has 1 aromatic rings. The normalized spacial score (nSPS) is 20.4. The van der Waals surface area contributed by atoms with Gasteiger partial charge in [-0.25, -0.2) is 9.53 Å². The summed E-state index contributed by atoms with van der Waals surface area (Å²) >= 11 is 0. The number of hydrogen-bond acceptors (Lipinski definition) is 3. The molecule has 19 heavy (non-hydrogen) atoms. The highest BCUT2D eigenvalue weighted by molar-refractivity contribution is 7.86. The van der Waals surface area contributed by atoms with Crippen LogP contribution >= 0.6 is 0 Å². The first kappa shape index (κ1) is 14.4. The highest BCUT2D eigenvalue weighted by Crippen LogP contribution is 2.24. The van der Waals surface area contributed by atoms with Crippen molar-refractivity contribution in [3.8, 4) is 0 Å². The quantitative estimate of drug-likeness (QED) is 0.890. The third-order valence-corrected chi connectivity index (χ3v) is 4.62. The second kappa shape index (κ2) is 5.54. The maximum absolute atomic E-state index is 13.7. The number of nitrogens with zero attached hydrogens (tertiary/aromatic N) is 2. The molecule has 0 aliphatic carbocycles. The third-order valence-electron chi connectivity index (χ3n) is 3.54. The van der Waals surface area contributed by atoms with Gasteiger partial charge in [-0.15, -0.1) is 0 Å². The van der Waals surface area contributed by atoms with E-state index in [0.29, 0.717) is 31.7 Å². The van der Waals surface area contributed by atoms with Crippen molar-refractivity contribution < 1.29 is 12.8 Å². The molecule has 1 heterocycles. The standard InChI is InChI=1S/C12H18FN3O2S/c1-10(11-4-2-3-5-12(11)13)15-6-8-16(9-7-15)19(14,17)18/h2-5,10H,6-9H2,1H3,(H2,14,17,18)/t10-/m1/s1. The number of halogens is 1. The molecule has 0 aromatic heterocycles. The molecule has 1 aliphatic rings. The first-order valence-corrected chi connectivity index (χ1v) is 7.66. The largest absolute Gasteiger partial charge is 0.294 e. The maximum atomic E-state index is 13.7. The molecule has 0 saturated carbocycles. The topological polar surface area (TPSA) is 66.6 Å². The molecule has 0 radical (unpaired) electrons. The molecule has 5 nitrogen and oxygen atoms in total. The Balaban J connectivity index is 2.04. The van der Waals surface area contributed by atoms with Crippen LogP contribution in [0.3, 0.4) is 0 Å². The summed E-state index contributed by atoms with van der Waals surface area (Å²) in [5.74, 6) is -0.233. The van der Waals surface area contributed by atoms with Gasteiger partial charge in [0.15, 0.2) is 0 Å². The van der Waals surface area contributed by atoms with Crippen LogP contribution in [0.4, 0.5) is 4.39 Å². The molecule has 1 atom stereocenters. The van der Waals surface area contributed by atoms with Crippen LogP contribution in [0.15, 0.2) is 24.3 Å². The van der Waals surface area contributed by atoms with Crippen molar-refractivity contribution in [1.29, 1.82) is 0 Å². The first-order valence-electron chi connectivity index (χ1n) is 6.16. The van der Waals surface area contributed by atoms with E-state index in [2.05, 4.69) is 4.90 Å². The average molecular weight is 287 g/mol. The summed E-state index contributed by atoms with van der Waals surface area (Å²) in [6.45, 7) is 3.71. The van der Waals surface area contributed by atoms with Crippen LogP contribution < -0.4 is 5.14 Å². The zero-order valence-electron chi connectivity index (χ0n) is 10.8. The zero-order chi connectivity index (χ0) is 14.0. The summed E-state index contributed by atoms with van der Waals surface area (Å²) in [5, 5.41) is 5.09. The molecule has 106 valence electrons. The molecule has 2 rings (SSSR count). The number of piperazine rings is 1. The van der Waals surface area contributed by atoms with Crippen LogP contribution in [-0.4, -0.2) is 43.8 Å². The van der Waals surface area contributed by atoms with Gasteiger partial charge >= 0.3 is 0 Å². The summed E-state index contributed by atoms with van der Waals surface area (Å²) in [6, 6.07) is 6.57. The van der Waals surface area contributed by atoms with E-state index in [1.165, 1.54) is 10.4 Å². The Kier molecular flexibility index (Phi) is 4.19. The Morgan fingerprint density at radius 3 is 2.32 bits per heavy atom. The molecular weight excluding hydrogens is 269 g/mol. The SMILES string of the molecule is C[C@H](c1ccccc1F)N1CCN(S(N)(=O)=O)CC1. The fraction of sp³-hybridized carbons (Fsp3) is 0.500. The fourth-order valence-electron chi connectivity index (χ4n) is 2.36. The van der Waals surface area contributed by atoms with Gasteiger partial charge in [0, 0.05) is 37.8 Å². The Bertz CT molecular complexity index is 542. The summed E-state index contributed by atoms with van der Waals surface area (Å²) in [4.78, 5) is 2.06. The van der Waals surface area contributed by atoms with Gasteiger partial charge < -0.3 is 0 Å². The number of nitrogens with two attached hydrogens (primary N) is 1. The van der Waals surface area contributed by atoms with Gasteiger partial charge in [-0.05, 0) is 13.0 Å². The summed E-state index contributed by atoms with van der Waals surface area (Å²) in [6.07, 6.45) is 0. The van der Waals surface area contributed by atoms with Crippen LogP contribution in [0, 0.1) is 5.82 Å². The van der Waals surface area contributed by atoms with Gasteiger partial charge in [0.1, 0.15) is 5.82 Å². The highest BCUT2D eigenvalue weighted by atomic mass is 32.2. The van der Waals surface area contributed by atoms with Crippen molar-refractivity contribution in [2.45, 2.75) is 13.0 Å². The lowest BCUT2D eigenvalue weighted by atomic mass is 10.1. The third kappa shape index (κ3) is 3.30. The molecule has 0 spiro atoms. The van der Waals surface area contributed by atoms with E-state index in [4.69, 9.17) is 5.14 Å². The lowest BCUT2D eigenvalue weighted by molar-refractivity contribution is 0.143. The van der Waals surface area contributed by atoms with E-state index in [9.17, 15) is 12.8 Å². The minimum Gasteiger partial charge on any atom is -0.294 e. The molecule has 1 aliphatic heterocycles. The lowest BCUT2D eigenvalue weighted by Crippen LogP contribution is -2.51. The van der Waals surface area contributed by atoms with Gasteiger partial charge in [0.2, 0.25) is 0 Å². The molecule has 1 aromatic carbocycles. The minimum atomic E-state index is -3.62. The summed E-state index contributed by atoms with van der Waals surface area (Å²) < 4.78 is 37.4. The Morgan fingerprint density at radius 1 is 1.21 bits per heavy atom. The van der Waals surface area contributed by atoms with Crippen LogP contribution in [0.5, 0.6) is 0 Å². The Hall–Kier alpha value is -1.02. The summed E-state index contributed by atoms with van der Waals surface area (Å²) in [7, 11) is -3.62. The number of hydrogen-bond donors (Lipinski definition) is 1. The minimum absolute atomic E-state index is 0.0798. The second-order valence-corrected chi connectivity index (χ2v) is 6.22. The van der Waals surface area contributed by atoms with Crippen LogP contribution in [-0.2, 0) is 10.2 Å². The second-order valence-electron chi connectivity index (χ2n) is 4.68. The predicted molar refractivity (Wildman–Crippen MR) is 71.1 cm³/mol. The number of benzene rings is 1. The van der Waals surface area contributed by atoms with Crippen LogP contribution in [0.2, 0.25) is 0 Å². The van der Waals surface area contributed by atoms with Crippen molar-refractivity contribution in [3.63, 3.8) is 0 Å². The van der Waals surface area contributed by atoms with E-state index >= 15 is 0 Å². The van der Waals surface area contributed by atoms with Crippen LogP contribution in [0.25, 0.3) is 0 Å². The monoisotopic (exact) mass is 287 g/mol. The van der Waals surface area contributed by atoms with E-state index < -0.39 is 10.2 Å². The van der Waals surface area contributed by atoms with E-state index in [1.807, 2.05) is 6.92 Å². The maximum Gasteiger partial charge on any atom is 0.276 e. The van der Waals surface area contributed by atoms with E-state index in [1.54, 1.807) is 18.2 Å². The van der Waals surface area contributed by atoms with Crippen LogP contribution in [0.1, 0.15) is 18.5 Å². The van der Waals surface area contributed by atoms with Crippen molar-refractivity contribution >= 4 is 10.2 Å². The van der Waals surface area contributed by atoms with Crippen molar-refractivity contribution in [2.75, 3.05) is 26.2 Å². The average Bonchev–Trinajstić information content (AvgIpc) is 2.38. The predicted octanol–water partition coefficient (Wildman–Crippen LogP) is 0.708. The van der Waals surface area contributed by atoms with Crippen molar-refractivity contribution in [2.24, 2.45) is 5.14 Å². The van der Waals surface area contributed by atoms with Gasteiger partial charge in [-0.2, -0.15) is 12.7 Å². The summed E-state index contributed by atoms with van der Waals surface area (Å²) in [5.41, 5.74) is 0.631. The van der Waals surface area contributed by atoms with Crippen molar-refractivity contribution in [1.82, 2.24) is 9.21 Å². The first-order chi connectivity index (χ1) is 8.89. The van der Waals surface area contributed by atoms with Gasteiger partial charge in [-0.3, -0.25) is 4.90 Å². The van der Waals surface area contributed by atoms with Crippen molar-refractivity contribution in [3.05, 3.63) is 35.6 Å². The van der Waals surface area contributed by atoms with Gasteiger partial charge in [-0.1, -0.05) is 18.2 Å². The van der Waals surface area contributed by atoms with E-state index in [-0.39, 0.29) is 11.9 Å². The van der Waals surface area contributed by atoms with Gasteiger partial charge in [0.25, 0.3) is 10.2 Å². The molecule has 0 bridgehead atoms. The Labute approximate surface area is 113 Å². The highest BCUT2D eigenvalue weighted by Gasteiger charge is 2.27. The zero-order valence-corrected chi connectivity index (χ0v) is 11.6. The van der Waals surface area contributed by atoms with E-state index in [0.717, 1.165) is 0 Å². The molecule has 1 saturated heterocycles. The lowest BCUT2D eigenvalue weighted by Gasteiger charge is -2.36. The molecule has 1 fully saturated rings. The molecule has 0 unspecified atom stereocenters.